The smallest absolute Gasteiger partial charge is 0.267 e. The molecule has 1 aliphatic rings. The highest BCUT2D eigenvalue weighted by molar-refractivity contribution is 7.80. The number of carbonyl (C=O) groups is 1. The van der Waals surface area contributed by atoms with Crippen LogP contribution in [-0.4, -0.2) is 28.6 Å². The largest absolute Gasteiger partial charge is 0.461 e. The van der Waals surface area contributed by atoms with Gasteiger partial charge >= 0.3 is 0 Å². The molecule has 1 fully saturated rings. The third-order valence-electron chi connectivity index (χ3n) is 1.67. The van der Waals surface area contributed by atoms with Crippen LogP contribution in [0, 0.1) is 0 Å². The molecule has 0 aromatic heterocycles. The summed E-state index contributed by atoms with van der Waals surface area (Å²) in [6.45, 7) is 5.82. The first-order chi connectivity index (χ1) is 6.19. The van der Waals surface area contributed by atoms with Crippen molar-refractivity contribution >= 4 is 23.3 Å². The van der Waals surface area contributed by atoms with Crippen molar-refractivity contribution in [3.8, 4) is 0 Å². The van der Waals surface area contributed by atoms with E-state index in [-0.39, 0.29) is 17.2 Å². The van der Waals surface area contributed by atoms with Crippen molar-refractivity contribution < 1.29 is 9.53 Å². The van der Waals surface area contributed by atoms with Gasteiger partial charge in [-0.05, 0) is 31.3 Å². The van der Waals surface area contributed by atoms with Crippen LogP contribution in [0.15, 0.2) is 24.8 Å². The lowest BCUT2D eigenvalue weighted by Crippen LogP contribution is -2.30. The lowest BCUT2D eigenvalue weighted by atomic mass is 10.3. The van der Waals surface area contributed by atoms with Gasteiger partial charge in [-0.3, -0.25) is 9.69 Å². The molecule has 13 heavy (non-hydrogen) atoms. The highest BCUT2D eigenvalue weighted by Gasteiger charge is 2.29. The molecule has 3 nitrogen and oxygen atoms in total. The highest BCUT2D eigenvalue weighted by atomic mass is 32.1. The van der Waals surface area contributed by atoms with Crippen LogP contribution >= 0.6 is 12.2 Å². The zero-order chi connectivity index (χ0) is 9.84. The number of rotatable bonds is 2. The van der Waals surface area contributed by atoms with E-state index in [1.807, 2.05) is 0 Å². The van der Waals surface area contributed by atoms with Crippen molar-refractivity contribution in [1.82, 2.24) is 4.90 Å². The Bertz CT molecular complexity index is 273. The fourth-order valence-electron chi connectivity index (χ4n) is 1.02. The summed E-state index contributed by atoms with van der Waals surface area (Å²) in [5, 5.41) is 0.230. The average Bonchev–Trinajstić information content (AvgIpc) is 2.47. The quantitative estimate of drug-likeness (QED) is 0.379. The fraction of sp³-hybridized carbons (Fsp3) is 0.333. The molecule has 1 heterocycles. The Morgan fingerprint density at radius 1 is 1.85 bits per heavy atom. The number of thiocarbonyl (C=S) groups is 1. The number of allylic oxidation sites excluding steroid dienone is 1. The molecule has 1 rings (SSSR count). The van der Waals surface area contributed by atoms with Crippen molar-refractivity contribution in [1.29, 1.82) is 0 Å². The first-order valence-electron chi connectivity index (χ1n) is 3.96. The normalized spacial score (nSPS) is 22.1. The number of amides is 1. The second-order valence-corrected chi connectivity index (χ2v) is 2.96. The van der Waals surface area contributed by atoms with Crippen LogP contribution in [0.25, 0.3) is 0 Å². The number of hydrogen-bond donors (Lipinski definition) is 0. The Hall–Kier alpha value is -1.16. The van der Waals surface area contributed by atoms with Crippen LogP contribution in [0.5, 0.6) is 0 Å². The summed E-state index contributed by atoms with van der Waals surface area (Å²) in [5.41, 5.74) is 0. The molecule has 0 saturated carbocycles. The standard InChI is InChI=1S/C9H11NO2S/c1-3-5-8(11)10-6-7(4-2)12-9(10)13/h3-5,7H,2,6H2,1H3/b5-3+. The Kier molecular flexibility index (Phi) is 3.19. The molecule has 0 aliphatic carbocycles. The van der Waals surface area contributed by atoms with E-state index in [2.05, 4.69) is 6.58 Å². The molecule has 0 N–H and O–H groups in total. The SMILES string of the molecule is C=CC1CN(C(=O)/C=C/C)C(=S)O1. The summed E-state index contributed by atoms with van der Waals surface area (Å²) >= 11 is 4.88. The summed E-state index contributed by atoms with van der Waals surface area (Å²) in [5.74, 6) is -0.142. The van der Waals surface area contributed by atoms with Gasteiger partial charge in [-0.25, -0.2) is 0 Å². The van der Waals surface area contributed by atoms with Crippen molar-refractivity contribution in [3.63, 3.8) is 0 Å². The fourth-order valence-corrected chi connectivity index (χ4v) is 1.31. The maximum Gasteiger partial charge on any atom is 0.267 e. The lowest BCUT2D eigenvalue weighted by molar-refractivity contribution is -0.122. The first kappa shape index (κ1) is 9.92. The van der Waals surface area contributed by atoms with Gasteiger partial charge in [-0.1, -0.05) is 12.7 Å². The van der Waals surface area contributed by atoms with Gasteiger partial charge in [0.25, 0.3) is 11.1 Å². The van der Waals surface area contributed by atoms with Crippen LogP contribution in [0.3, 0.4) is 0 Å². The molecule has 0 spiro atoms. The molecule has 0 radical (unpaired) electrons. The highest BCUT2D eigenvalue weighted by Crippen LogP contribution is 2.12. The Morgan fingerprint density at radius 2 is 2.54 bits per heavy atom. The molecule has 0 aromatic carbocycles. The zero-order valence-electron chi connectivity index (χ0n) is 7.40. The second-order valence-electron chi connectivity index (χ2n) is 2.61. The second kappa shape index (κ2) is 4.18. The van der Waals surface area contributed by atoms with Crippen molar-refractivity contribution in [3.05, 3.63) is 24.8 Å². The van der Waals surface area contributed by atoms with Crippen molar-refractivity contribution in [2.75, 3.05) is 6.54 Å². The van der Waals surface area contributed by atoms with Crippen LogP contribution in [0.1, 0.15) is 6.92 Å². The number of hydrogen-bond acceptors (Lipinski definition) is 3. The molecule has 0 aromatic rings. The maximum atomic E-state index is 11.4. The van der Waals surface area contributed by atoms with Crippen LogP contribution in [0.2, 0.25) is 0 Å². The van der Waals surface area contributed by atoms with E-state index < -0.39 is 0 Å². The van der Waals surface area contributed by atoms with Gasteiger partial charge in [0.05, 0.1) is 6.54 Å². The third kappa shape index (κ3) is 2.15. The topological polar surface area (TPSA) is 29.5 Å². The van der Waals surface area contributed by atoms with Crippen LogP contribution < -0.4 is 0 Å². The molecule has 1 atom stereocenters. The molecule has 70 valence electrons. The number of nitrogens with zero attached hydrogens (tertiary/aromatic N) is 1. The van der Waals surface area contributed by atoms with E-state index in [9.17, 15) is 4.79 Å². The molecule has 0 bridgehead atoms. The Morgan fingerprint density at radius 3 is 3.00 bits per heavy atom. The van der Waals surface area contributed by atoms with Crippen LogP contribution in [-0.2, 0) is 9.53 Å². The van der Waals surface area contributed by atoms with Gasteiger partial charge in [0, 0.05) is 0 Å². The first-order valence-corrected chi connectivity index (χ1v) is 4.37. The molecule has 1 unspecified atom stereocenters. The summed E-state index contributed by atoms with van der Waals surface area (Å²) in [7, 11) is 0. The summed E-state index contributed by atoms with van der Waals surface area (Å²) in [6, 6.07) is 0. The Balaban J connectivity index is 2.67. The van der Waals surface area contributed by atoms with E-state index >= 15 is 0 Å². The predicted molar refractivity (Wildman–Crippen MR) is 54.2 cm³/mol. The molecular formula is C9H11NO2S. The van der Waals surface area contributed by atoms with Gasteiger partial charge in [-0.2, -0.15) is 0 Å². The Labute approximate surface area is 82.7 Å². The molecule has 1 aliphatic heterocycles. The zero-order valence-corrected chi connectivity index (χ0v) is 8.21. The number of ether oxygens (including phenoxy) is 1. The minimum Gasteiger partial charge on any atom is -0.461 e. The van der Waals surface area contributed by atoms with Crippen LogP contribution in [0.4, 0.5) is 0 Å². The predicted octanol–water partition coefficient (Wildman–Crippen LogP) is 1.26. The number of carbonyl (C=O) groups excluding carboxylic acids is 1. The third-order valence-corrected chi connectivity index (χ3v) is 1.99. The average molecular weight is 197 g/mol. The van der Waals surface area contributed by atoms with Crippen molar-refractivity contribution in [2.24, 2.45) is 0 Å². The van der Waals surface area contributed by atoms with Gasteiger partial charge < -0.3 is 4.74 Å². The monoisotopic (exact) mass is 197 g/mol. The molecular weight excluding hydrogens is 186 g/mol. The minimum atomic E-state index is -0.165. The maximum absolute atomic E-state index is 11.4. The van der Waals surface area contributed by atoms with Gasteiger partial charge in [0.15, 0.2) is 0 Å². The molecule has 1 amide bonds. The summed E-state index contributed by atoms with van der Waals surface area (Å²) in [4.78, 5) is 12.8. The van der Waals surface area contributed by atoms with E-state index in [0.29, 0.717) is 6.54 Å². The molecule has 1 saturated heterocycles. The van der Waals surface area contributed by atoms with Gasteiger partial charge in [0.1, 0.15) is 6.10 Å². The summed E-state index contributed by atoms with van der Waals surface area (Å²) < 4.78 is 5.18. The van der Waals surface area contributed by atoms with Crippen molar-refractivity contribution in [2.45, 2.75) is 13.0 Å². The van der Waals surface area contributed by atoms with E-state index in [1.165, 1.54) is 11.0 Å². The lowest BCUT2D eigenvalue weighted by Gasteiger charge is -2.08. The van der Waals surface area contributed by atoms with E-state index in [4.69, 9.17) is 17.0 Å². The van der Waals surface area contributed by atoms with E-state index in [1.54, 1.807) is 19.1 Å². The van der Waals surface area contributed by atoms with Gasteiger partial charge in [-0.15, -0.1) is 0 Å². The van der Waals surface area contributed by atoms with E-state index in [0.717, 1.165) is 0 Å². The minimum absolute atomic E-state index is 0.142. The molecule has 4 heteroatoms. The summed E-state index contributed by atoms with van der Waals surface area (Å²) in [6.07, 6.45) is 4.60. The van der Waals surface area contributed by atoms with Gasteiger partial charge in [0.2, 0.25) is 0 Å².